The number of hydrogen-bond acceptors (Lipinski definition) is 4. The largest absolute Gasteiger partial charge is 0.338 e. The van der Waals surface area contributed by atoms with Gasteiger partial charge in [0.25, 0.3) is 0 Å². The molecule has 0 saturated heterocycles. The van der Waals surface area contributed by atoms with Crippen molar-refractivity contribution in [3.05, 3.63) is 43.9 Å². The zero-order valence-corrected chi connectivity index (χ0v) is 14.1. The van der Waals surface area contributed by atoms with E-state index < -0.39 is 0 Å². The lowest BCUT2D eigenvalue weighted by molar-refractivity contribution is 1.23. The standard InChI is InChI=1S/C12H6Br2ClN3S/c13-7-2-1-3-8(14)9(7)16-10-6-4-5-19-11(6)18-12(15)17-10/h1-5H,(H,16,17,18). The second-order valence-corrected chi connectivity index (χ2v) is 6.64. The fourth-order valence-electron chi connectivity index (χ4n) is 1.66. The lowest BCUT2D eigenvalue weighted by atomic mass is 10.3. The lowest BCUT2D eigenvalue weighted by Gasteiger charge is -2.10. The molecule has 3 nitrogen and oxygen atoms in total. The number of halogens is 3. The Bertz CT molecular complexity index is 740. The molecule has 0 bridgehead atoms. The number of hydrogen-bond donors (Lipinski definition) is 1. The van der Waals surface area contributed by atoms with Crippen molar-refractivity contribution in [2.24, 2.45) is 0 Å². The summed E-state index contributed by atoms with van der Waals surface area (Å²) in [6, 6.07) is 7.84. The fraction of sp³-hybridized carbons (Fsp3) is 0. The normalized spacial score (nSPS) is 10.9. The summed E-state index contributed by atoms with van der Waals surface area (Å²) in [7, 11) is 0. The van der Waals surface area contributed by atoms with Crippen molar-refractivity contribution in [3.8, 4) is 0 Å². The molecular weight excluding hydrogens is 413 g/mol. The SMILES string of the molecule is Clc1nc(Nc2c(Br)cccc2Br)c2ccsc2n1. The Morgan fingerprint density at radius 1 is 1.11 bits per heavy atom. The van der Waals surface area contributed by atoms with Crippen molar-refractivity contribution >= 4 is 76.5 Å². The molecule has 19 heavy (non-hydrogen) atoms. The first-order chi connectivity index (χ1) is 9.15. The number of rotatable bonds is 2. The first-order valence-corrected chi connectivity index (χ1v) is 8.11. The molecule has 0 unspecified atom stereocenters. The van der Waals surface area contributed by atoms with Gasteiger partial charge in [0.05, 0.1) is 11.1 Å². The van der Waals surface area contributed by atoms with Gasteiger partial charge in [-0.15, -0.1) is 11.3 Å². The minimum absolute atomic E-state index is 0.237. The van der Waals surface area contributed by atoms with Gasteiger partial charge in [-0.1, -0.05) is 6.07 Å². The Kier molecular flexibility index (Phi) is 3.75. The van der Waals surface area contributed by atoms with Gasteiger partial charge in [-0.2, -0.15) is 4.98 Å². The first kappa shape index (κ1) is 13.3. The molecule has 3 rings (SSSR count). The van der Waals surface area contributed by atoms with E-state index in [0.717, 1.165) is 24.8 Å². The van der Waals surface area contributed by atoms with Crippen LogP contribution < -0.4 is 5.32 Å². The van der Waals surface area contributed by atoms with Crippen molar-refractivity contribution in [2.45, 2.75) is 0 Å². The highest BCUT2D eigenvalue weighted by atomic mass is 79.9. The molecule has 0 saturated carbocycles. The molecule has 2 heterocycles. The van der Waals surface area contributed by atoms with Crippen LogP contribution in [0.25, 0.3) is 10.2 Å². The molecule has 0 radical (unpaired) electrons. The Morgan fingerprint density at radius 2 is 1.84 bits per heavy atom. The molecule has 0 amide bonds. The zero-order chi connectivity index (χ0) is 13.4. The molecular formula is C12H6Br2ClN3S. The third-order valence-corrected chi connectivity index (χ3v) is 4.80. The van der Waals surface area contributed by atoms with Crippen LogP contribution in [-0.4, -0.2) is 9.97 Å². The number of nitrogens with zero attached hydrogens (tertiary/aromatic N) is 2. The average Bonchev–Trinajstić information content (AvgIpc) is 2.81. The summed E-state index contributed by atoms with van der Waals surface area (Å²) in [5, 5.41) is 6.45. The van der Waals surface area contributed by atoms with Crippen LogP contribution in [0.2, 0.25) is 5.28 Å². The third-order valence-electron chi connectivity index (χ3n) is 2.50. The number of anilines is 2. The van der Waals surface area contributed by atoms with E-state index in [2.05, 4.69) is 47.1 Å². The van der Waals surface area contributed by atoms with Gasteiger partial charge in [-0.3, -0.25) is 0 Å². The molecule has 0 aliphatic heterocycles. The van der Waals surface area contributed by atoms with Crippen molar-refractivity contribution < 1.29 is 0 Å². The third kappa shape index (κ3) is 2.63. The molecule has 0 aliphatic carbocycles. The van der Waals surface area contributed by atoms with Gasteiger partial charge >= 0.3 is 0 Å². The van der Waals surface area contributed by atoms with E-state index in [1.54, 1.807) is 0 Å². The minimum atomic E-state index is 0.237. The van der Waals surface area contributed by atoms with E-state index in [1.165, 1.54) is 11.3 Å². The van der Waals surface area contributed by atoms with Crippen molar-refractivity contribution in [1.29, 1.82) is 0 Å². The van der Waals surface area contributed by atoms with Crippen LogP contribution in [0, 0.1) is 0 Å². The predicted molar refractivity (Wildman–Crippen MR) is 87.5 cm³/mol. The van der Waals surface area contributed by atoms with Crippen molar-refractivity contribution in [3.63, 3.8) is 0 Å². The van der Waals surface area contributed by atoms with Crippen LogP contribution in [0.5, 0.6) is 0 Å². The number of nitrogens with one attached hydrogen (secondary N) is 1. The predicted octanol–water partition coefficient (Wildman–Crippen LogP) is 5.61. The van der Waals surface area contributed by atoms with E-state index in [0.29, 0.717) is 5.82 Å². The van der Waals surface area contributed by atoms with E-state index in [1.807, 2.05) is 29.6 Å². The fourth-order valence-corrected chi connectivity index (χ4v) is 3.84. The Morgan fingerprint density at radius 3 is 2.58 bits per heavy atom. The molecule has 0 spiro atoms. The summed E-state index contributed by atoms with van der Waals surface area (Å²) < 4.78 is 1.89. The number of benzene rings is 1. The number of fused-ring (bicyclic) bond motifs is 1. The maximum atomic E-state index is 5.95. The van der Waals surface area contributed by atoms with Crippen LogP contribution >= 0.6 is 54.8 Å². The highest BCUT2D eigenvalue weighted by Crippen LogP contribution is 2.35. The number of para-hydroxylation sites is 1. The zero-order valence-electron chi connectivity index (χ0n) is 9.32. The van der Waals surface area contributed by atoms with Crippen molar-refractivity contribution in [2.75, 3.05) is 5.32 Å². The first-order valence-electron chi connectivity index (χ1n) is 5.27. The van der Waals surface area contributed by atoms with E-state index in [4.69, 9.17) is 11.6 Å². The Labute approximate surface area is 135 Å². The second kappa shape index (κ2) is 5.36. The highest BCUT2D eigenvalue weighted by Gasteiger charge is 2.11. The molecule has 1 aromatic carbocycles. The van der Waals surface area contributed by atoms with Gasteiger partial charge in [-0.25, -0.2) is 4.98 Å². The lowest BCUT2D eigenvalue weighted by Crippen LogP contribution is -1.97. The average molecular weight is 420 g/mol. The van der Waals surface area contributed by atoms with E-state index in [9.17, 15) is 0 Å². The number of aromatic nitrogens is 2. The van der Waals surface area contributed by atoms with Crippen LogP contribution in [0.15, 0.2) is 38.6 Å². The summed E-state index contributed by atoms with van der Waals surface area (Å²) in [4.78, 5) is 9.32. The molecule has 3 aromatic rings. The van der Waals surface area contributed by atoms with Gasteiger partial charge in [0.15, 0.2) is 0 Å². The molecule has 0 atom stereocenters. The van der Waals surface area contributed by atoms with Crippen LogP contribution in [0.4, 0.5) is 11.5 Å². The maximum absolute atomic E-state index is 5.95. The smallest absolute Gasteiger partial charge is 0.225 e. The topological polar surface area (TPSA) is 37.8 Å². The van der Waals surface area contributed by atoms with Gasteiger partial charge < -0.3 is 5.32 Å². The van der Waals surface area contributed by atoms with Crippen LogP contribution in [-0.2, 0) is 0 Å². The van der Waals surface area contributed by atoms with E-state index >= 15 is 0 Å². The maximum Gasteiger partial charge on any atom is 0.225 e. The molecule has 96 valence electrons. The Hall–Kier alpha value is -0.690. The van der Waals surface area contributed by atoms with Gasteiger partial charge in [0.1, 0.15) is 10.6 Å². The van der Waals surface area contributed by atoms with Gasteiger partial charge in [0, 0.05) is 8.95 Å². The molecule has 0 aliphatic rings. The van der Waals surface area contributed by atoms with Gasteiger partial charge in [-0.05, 0) is 67.0 Å². The molecule has 0 fully saturated rings. The Balaban J connectivity index is 2.13. The number of thiophene rings is 1. The monoisotopic (exact) mass is 417 g/mol. The summed E-state index contributed by atoms with van der Waals surface area (Å²) >= 11 is 14.5. The molecule has 2 aromatic heterocycles. The molecule has 1 N–H and O–H groups in total. The van der Waals surface area contributed by atoms with Gasteiger partial charge in [0.2, 0.25) is 5.28 Å². The van der Waals surface area contributed by atoms with E-state index in [-0.39, 0.29) is 5.28 Å². The summed E-state index contributed by atoms with van der Waals surface area (Å²) in [5.74, 6) is 0.698. The quantitative estimate of drug-likeness (QED) is 0.549. The molecule has 7 heteroatoms. The minimum Gasteiger partial charge on any atom is -0.338 e. The summed E-state index contributed by atoms with van der Waals surface area (Å²) in [6.07, 6.45) is 0. The van der Waals surface area contributed by atoms with Crippen LogP contribution in [0.1, 0.15) is 0 Å². The second-order valence-electron chi connectivity index (χ2n) is 3.70. The van der Waals surface area contributed by atoms with Crippen molar-refractivity contribution in [1.82, 2.24) is 9.97 Å². The summed E-state index contributed by atoms with van der Waals surface area (Å²) in [5.41, 5.74) is 0.907. The summed E-state index contributed by atoms with van der Waals surface area (Å²) in [6.45, 7) is 0. The highest BCUT2D eigenvalue weighted by molar-refractivity contribution is 9.11. The van der Waals surface area contributed by atoms with Crippen LogP contribution in [0.3, 0.4) is 0 Å².